The molecule has 41 heavy (non-hydrogen) atoms. The number of carbonyl (C=O) groups is 1. The predicted molar refractivity (Wildman–Crippen MR) is 160 cm³/mol. The van der Waals surface area contributed by atoms with Crippen molar-refractivity contribution < 1.29 is 9.53 Å². The van der Waals surface area contributed by atoms with Crippen LogP contribution in [0.3, 0.4) is 0 Å². The van der Waals surface area contributed by atoms with Gasteiger partial charge in [0, 0.05) is 60.6 Å². The summed E-state index contributed by atoms with van der Waals surface area (Å²) >= 11 is 0. The molecule has 0 spiro atoms. The number of nitrogens with zero attached hydrogens (tertiary/aromatic N) is 4. The molecule has 2 aromatic carbocycles. The minimum Gasteiger partial charge on any atom is -0.496 e. The molecule has 1 fully saturated rings. The van der Waals surface area contributed by atoms with Crippen molar-refractivity contribution in [2.24, 2.45) is 0 Å². The molecule has 2 N–H and O–H groups in total. The van der Waals surface area contributed by atoms with Gasteiger partial charge >= 0.3 is 0 Å². The number of aromatic amines is 1. The number of carbonyl (C=O) groups excluding carboxylic acids is 1. The van der Waals surface area contributed by atoms with Crippen molar-refractivity contribution in [1.29, 1.82) is 5.26 Å². The van der Waals surface area contributed by atoms with Gasteiger partial charge in [-0.1, -0.05) is 42.5 Å². The summed E-state index contributed by atoms with van der Waals surface area (Å²) in [5, 5.41) is 12.8. The van der Waals surface area contributed by atoms with Crippen LogP contribution in [0, 0.1) is 11.3 Å². The first kappa shape index (κ1) is 26.2. The van der Waals surface area contributed by atoms with Crippen LogP contribution in [0.2, 0.25) is 0 Å². The zero-order valence-electron chi connectivity index (χ0n) is 23.3. The van der Waals surface area contributed by atoms with Gasteiger partial charge in [0.05, 0.1) is 24.8 Å². The molecule has 3 aliphatic rings. The number of ether oxygens (including phenoxy) is 1. The summed E-state index contributed by atoms with van der Waals surface area (Å²) in [6, 6.07) is 18.4. The topological polar surface area (TPSA) is 97.3 Å². The Balaban J connectivity index is 1.20. The highest BCUT2D eigenvalue weighted by Crippen LogP contribution is 2.38. The summed E-state index contributed by atoms with van der Waals surface area (Å²) in [7, 11) is 1.72. The SMILES string of the molecule is COC1=C2C=CC=C(c3ccc(C#N)cc3)C2NC=C1c1ccc(N2CC(C)N(C(=O)c3ncc[nH]3)C(C)C2)cc1. The van der Waals surface area contributed by atoms with Crippen molar-refractivity contribution in [2.45, 2.75) is 32.0 Å². The average molecular weight is 545 g/mol. The number of rotatable bonds is 5. The fourth-order valence-corrected chi connectivity index (χ4v) is 6.12. The maximum Gasteiger partial charge on any atom is 0.290 e. The molecule has 1 amide bonds. The van der Waals surface area contributed by atoms with E-state index in [1.165, 1.54) is 0 Å². The molecule has 6 rings (SSSR count). The first-order valence-corrected chi connectivity index (χ1v) is 13.8. The fraction of sp³-hybridized carbons (Fsp3) is 0.242. The van der Waals surface area contributed by atoms with E-state index < -0.39 is 0 Å². The van der Waals surface area contributed by atoms with Crippen LogP contribution in [-0.2, 0) is 4.74 Å². The molecule has 3 aromatic rings. The maximum absolute atomic E-state index is 13.0. The van der Waals surface area contributed by atoms with Crippen molar-refractivity contribution in [3.8, 4) is 6.07 Å². The fourth-order valence-electron chi connectivity index (χ4n) is 6.12. The van der Waals surface area contributed by atoms with Gasteiger partial charge in [0.1, 0.15) is 5.76 Å². The second-order valence-electron chi connectivity index (χ2n) is 10.6. The van der Waals surface area contributed by atoms with E-state index in [1.54, 1.807) is 19.5 Å². The standard InChI is InChI=1S/C33H32N6O2/c1-21-19-38(20-22(2)39(21)33(40)32-35-15-16-36-32)26-13-11-25(12-14-26)29-18-37-30-27(5-4-6-28(30)31(29)41-3)24-9-7-23(17-34)8-10-24/h4-16,18,21-22,30,37H,19-20H2,1-3H3,(H,35,36). The molecule has 1 saturated heterocycles. The highest BCUT2D eigenvalue weighted by Gasteiger charge is 2.35. The zero-order valence-corrected chi connectivity index (χ0v) is 23.3. The summed E-state index contributed by atoms with van der Waals surface area (Å²) in [5.41, 5.74) is 7.07. The summed E-state index contributed by atoms with van der Waals surface area (Å²) < 4.78 is 5.98. The number of hydrogen-bond donors (Lipinski definition) is 2. The molecule has 8 nitrogen and oxygen atoms in total. The van der Waals surface area contributed by atoms with E-state index in [4.69, 9.17) is 10.00 Å². The lowest BCUT2D eigenvalue weighted by Gasteiger charge is -2.45. The Morgan fingerprint density at radius 2 is 1.76 bits per heavy atom. The van der Waals surface area contributed by atoms with Crippen LogP contribution in [0.5, 0.6) is 0 Å². The molecule has 3 unspecified atom stereocenters. The van der Waals surface area contributed by atoms with Crippen molar-refractivity contribution in [2.75, 3.05) is 25.1 Å². The monoisotopic (exact) mass is 544 g/mol. The number of fused-ring (bicyclic) bond motifs is 1. The molecule has 0 radical (unpaired) electrons. The molecule has 206 valence electrons. The van der Waals surface area contributed by atoms with Gasteiger partial charge in [-0.2, -0.15) is 5.26 Å². The number of nitrogens with one attached hydrogen (secondary N) is 2. The van der Waals surface area contributed by atoms with Gasteiger partial charge in [-0.15, -0.1) is 0 Å². The number of piperazine rings is 1. The lowest BCUT2D eigenvalue weighted by atomic mass is 9.84. The third-order valence-electron chi connectivity index (χ3n) is 8.02. The quantitative estimate of drug-likeness (QED) is 0.475. The molecule has 0 bridgehead atoms. The lowest BCUT2D eigenvalue weighted by Crippen LogP contribution is -2.59. The van der Waals surface area contributed by atoms with E-state index in [2.05, 4.69) is 76.5 Å². The highest BCUT2D eigenvalue weighted by molar-refractivity contribution is 5.91. The Morgan fingerprint density at radius 3 is 2.39 bits per heavy atom. The van der Waals surface area contributed by atoms with Gasteiger partial charge < -0.3 is 24.8 Å². The van der Waals surface area contributed by atoms with Crippen LogP contribution >= 0.6 is 0 Å². The van der Waals surface area contributed by atoms with Gasteiger partial charge in [0.15, 0.2) is 5.82 Å². The van der Waals surface area contributed by atoms with E-state index in [9.17, 15) is 4.79 Å². The average Bonchev–Trinajstić information content (AvgIpc) is 3.55. The molecule has 3 atom stereocenters. The number of hydrogen-bond acceptors (Lipinski definition) is 6. The minimum absolute atomic E-state index is 0.0412. The summed E-state index contributed by atoms with van der Waals surface area (Å²) in [4.78, 5) is 24.3. The second kappa shape index (κ2) is 10.9. The number of allylic oxidation sites excluding steroid dienone is 3. The predicted octanol–water partition coefficient (Wildman–Crippen LogP) is 4.89. The van der Waals surface area contributed by atoms with Gasteiger partial charge in [-0.05, 0) is 54.8 Å². The van der Waals surface area contributed by atoms with Gasteiger partial charge in [0.2, 0.25) is 0 Å². The first-order valence-electron chi connectivity index (χ1n) is 13.8. The lowest BCUT2D eigenvalue weighted by molar-refractivity contribution is 0.0563. The number of anilines is 1. The van der Waals surface area contributed by atoms with Crippen LogP contribution in [0.4, 0.5) is 5.69 Å². The van der Waals surface area contributed by atoms with Crippen molar-refractivity contribution in [1.82, 2.24) is 20.2 Å². The van der Waals surface area contributed by atoms with E-state index in [1.807, 2.05) is 41.4 Å². The molecule has 1 aromatic heterocycles. The van der Waals surface area contributed by atoms with E-state index >= 15 is 0 Å². The van der Waals surface area contributed by atoms with Crippen LogP contribution in [0.25, 0.3) is 11.1 Å². The second-order valence-corrected chi connectivity index (χ2v) is 10.6. The molecule has 2 aliphatic heterocycles. The van der Waals surface area contributed by atoms with Crippen molar-refractivity contribution in [3.63, 3.8) is 0 Å². The van der Waals surface area contributed by atoms with Crippen LogP contribution in [0.15, 0.2) is 96.7 Å². The smallest absolute Gasteiger partial charge is 0.290 e. The molecular weight excluding hydrogens is 512 g/mol. The van der Waals surface area contributed by atoms with E-state index in [0.29, 0.717) is 11.4 Å². The first-order chi connectivity index (χ1) is 20.0. The van der Waals surface area contributed by atoms with Crippen LogP contribution < -0.4 is 10.2 Å². The number of amides is 1. The number of imidazole rings is 1. The van der Waals surface area contributed by atoms with Gasteiger partial charge in [0.25, 0.3) is 5.91 Å². The number of H-pyrrole nitrogens is 1. The number of aromatic nitrogens is 2. The largest absolute Gasteiger partial charge is 0.496 e. The number of benzene rings is 2. The van der Waals surface area contributed by atoms with Crippen LogP contribution in [-0.4, -0.2) is 59.1 Å². The molecule has 3 heterocycles. The Morgan fingerprint density at radius 1 is 1.05 bits per heavy atom. The highest BCUT2D eigenvalue weighted by atomic mass is 16.5. The maximum atomic E-state index is 13.0. The normalized spacial score (nSPS) is 21.9. The van der Waals surface area contributed by atoms with E-state index in [0.717, 1.165) is 52.4 Å². The summed E-state index contributed by atoms with van der Waals surface area (Å²) in [6.07, 6.45) is 11.6. The Labute approximate surface area is 240 Å². The third kappa shape index (κ3) is 4.80. The minimum atomic E-state index is -0.0610. The summed E-state index contributed by atoms with van der Waals surface area (Å²) in [6.45, 7) is 5.65. The Kier molecular flexibility index (Phi) is 6.94. The molecule has 0 saturated carbocycles. The zero-order chi connectivity index (χ0) is 28.5. The van der Waals surface area contributed by atoms with E-state index in [-0.39, 0.29) is 24.0 Å². The Bertz CT molecular complexity index is 1600. The molecule has 1 aliphatic carbocycles. The number of dihydropyridines is 1. The Hall–Kier alpha value is -5.03. The number of methoxy groups -OCH3 is 1. The van der Waals surface area contributed by atoms with Crippen molar-refractivity contribution >= 4 is 22.7 Å². The molecular formula is C33H32N6O2. The summed E-state index contributed by atoms with van der Waals surface area (Å²) in [5.74, 6) is 1.16. The van der Waals surface area contributed by atoms with Gasteiger partial charge in [-0.3, -0.25) is 4.79 Å². The third-order valence-corrected chi connectivity index (χ3v) is 8.02. The van der Waals surface area contributed by atoms with Crippen molar-refractivity contribution in [3.05, 3.63) is 119 Å². The van der Waals surface area contributed by atoms with Crippen LogP contribution in [0.1, 0.15) is 41.2 Å². The number of nitriles is 1. The van der Waals surface area contributed by atoms with Gasteiger partial charge in [-0.25, -0.2) is 4.98 Å². The molecule has 8 heteroatoms.